The van der Waals surface area contributed by atoms with Crippen LogP contribution in [0.15, 0.2) is 42.7 Å². The highest BCUT2D eigenvalue weighted by Gasteiger charge is 2.08. The number of hydrogen-bond acceptors (Lipinski definition) is 4. The number of rotatable bonds is 4. The van der Waals surface area contributed by atoms with Crippen LogP contribution >= 0.6 is 11.6 Å². The molecule has 3 rings (SSSR count). The van der Waals surface area contributed by atoms with Crippen molar-refractivity contribution in [3.05, 3.63) is 64.7 Å². The Hall–Kier alpha value is -2.47. The number of anilines is 1. The van der Waals surface area contributed by atoms with Crippen LogP contribution in [0.2, 0.25) is 5.02 Å². The van der Waals surface area contributed by atoms with E-state index in [-0.39, 0.29) is 5.82 Å². The third kappa shape index (κ3) is 2.92. The van der Waals surface area contributed by atoms with Gasteiger partial charge in [-0.1, -0.05) is 17.7 Å². The lowest BCUT2D eigenvalue weighted by Gasteiger charge is -2.11. The summed E-state index contributed by atoms with van der Waals surface area (Å²) >= 11 is 6.01. The van der Waals surface area contributed by atoms with Crippen LogP contribution in [-0.4, -0.2) is 20.2 Å². The molecule has 7 heteroatoms. The van der Waals surface area contributed by atoms with Crippen molar-refractivity contribution in [2.24, 2.45) is 0 Å². The molecule has 1 N–H and O–H groups in total. The molecular formula is C15H13ClFN5. The Morgan fingerprint density at radius 3 is 2.82 bits per heavy atom. The molecule has 0 unspecified atom stereocenters. The Balaban J connectivity index is 1.78. The molecule has 0 radical (unpaired) electrons. The zero-order chi connectivity index (χ0) is 15.5. The van der Waals surface area contributed by atoms with Gasteiger partial charge in [0.15, 0.2) is 0 Å². The summed E-state index contributed by atoms with van der Waals surface area (Å²) in [5, 5.41) is 14.7. The quantitative estimate of drug-likeness (QED) is 0.801. The number of aryl methyl sites for hydroxylation is 1. The molecule has 1 heterocycles. The van der Waals surface area contributed by atoms with Crippen molar-refractivity contribution in [1.29, 1.82) is 0 Å². The van der Waals surface area contributed by atoms with Crippen molar-refractivity contribution in [2.75, 3.05) is 5.32 Å². The van der Waals surface area contributed by atoms with Gasteiger partial charge in [-0.25, -0.2) is 9.07 Å². The van der Waals surface area contributed by atoms with Gasteiger partial charge in [0.1, 0.15) is 12.1 Å². The first-order chi connectivity index (χ1) is 10.6. The molecule has 0 aliphatic heterocycles. The van der Waals surface area contributed by atoms with E-state index in [1.165, 1.54) is 12.4 Å². The molecule has 0 saturated carbocycles. The molecule has 0 fully saturated rings. The van der Waals surface area contributed by atoms with Crippen LogP contribution < -0.4 is 5.32 Å². The minimum atomic E-state index is -0.318. The number of tetrazole rings is 1. The van der Waals surface area contributed by atoms with E-state index < -0.39 is 0 Å². The van der Waals surface area contributed by atoms with Crippen LogP contribution in [0.1, 0.15) is 11.1 Å². The number of hydrogen-bond donors (Lipinski definition) is 1. The molecule has 0 amide bonds. The Bertz CT molecular complexity index is 768. The second-order valence-corrected chi connectivity index (χ2v) is 5.22. The summed E-state index contributed by atoms with van der Waals surface area (Å²) in [7, 11) is 0. The second-order valence-electron chi connectivity index (χ2n) is 4.81. The SMILES string of the molecule is Cc1cc(NCc2c(F)cccc2Cl)ccc1-n1cnnn1. The highest BCUT2D eigenvalue weighted by molar-refractivity contribution is 6.31. The fourth-order valence-corrected chi connectivity index (χ4v) is 2.42. The maximum Gasteiger partial charge on any atom is 0.143 e. The van der Waals surface area contributed by atoms with E-state index in [1.807, 2.05) is 25.1 Å². The van der Waals surface area contributed by atoms with Gasteiger partial charge in [0.25, 0.3) is 0 Å². The van der Waals surface area contributed by atoms with E-state index in [1.54, 1.807) is 16.8 Å². The summed E-state index contributed by atoms with van der Waals surface area (Å²) in [5.41, 5.74) is 3.21. The summed E-state index contributed by atoms with van der Waals surface area (Å²) in [6, 6.07) is 10.4. The van der Waals surface area contributed by atoms with Gasteiger partial charge >= 0.3 is 0 Å². The summed E-state index contributed by atoms with van der Waals surface area (Å²) < 4.78 is 15.3. The lowest BCUT2D eigenvalue weighted by molar-refractivity contribution is 0.613. The lowest BCUT2D eigenvalue weighted by Crippen LogP contribution is -2.04. The Kier molecular flexibility index (Phi) is 4.02. The molecule has 0 aliphatic rings. The fourth-order valence-electron chi connectivity index (χ4n) is 2.19. The lowest BCUT2D eigenvalue weighted by atomic mass is 10.1. The minimum absolute atomic E-state index is 0.315. The average molecular weight is 318 g/mol. The van der Waals surface area contributed by atoms with Crippen LogP contribution in [0.5, 0.6) is 0 Å². The number of nitrogens with zero attached hydrogens (tertiary/aromatic N) is 4. The first kappa shape index (κ1) is 14.5. The number of halogens is 2. The van der Waals surface area contributed by atoms with Gasteiger partial charge in [-0.2, -0.15) is 0 Å². The molecule has 0 aliphatic carbocycles. The third-order valence-corrected chi connectivity index (χ3v) is 3.68. The first-order valence-electron chi connectivity index (χ1n) is 6.66. The normalized spacial score (nSPS) is 10.7. The number of nitrogens with one attached hydrogen (secondary N) is 1. The maximum absolute atomic E-state index is 13.7. The van der Waals surface area contributed by atoms with Crippen LogP contribution in [0.3, 0.4) is 0 Å². The second kappa shape index (κ2) is 6.11. The van der Waals surface area contributed by atoms with Crippen LogP contribution in [-0.2, 0) is 6.54 Å². The highest BCUT2D eigenvalue weighted by atomic mass is 35.5. The largest absolute Gasteiger partial charge is 0.381 e. The van der Waals surface area contributed by atoms with Gasteiger partial charge < -0.3 is 5.32 Å². The molecule has 0 atom stereocenters. The summed E-state index contributed by atoms with van der Waals surface area (Å²) in [4.78, 5) is 0. The number of aromatic nitrogens is 4. The molecule has 1 aromatic heterocycles. The van der Waals surface area contributed by atoms with E-state index in [9.17, 15) is 4.39 Å². The predicted octanol–water partition coefficient (Wildman–Crippen LogP) is 3.38. The third-order valence-electron chi connectivity index (χ3n) is 3.32. The summed E-state index contributed by atoms with van der Waals surface area (Å²) in [6.07, 6.45) is 1.54. The number of benzene rings is 2. The summed E-state index contributed by atoms with van der Waals surface area (Å²) in [6.45, 7) is 2.27. The van der Waals surface area contributed by atoms with Crippen LogP contribution in [0.4, 0.5) is 10.1 Å². The molecular weight excluding hydrogens is 305 g/mol. The van der Waals surface area contributed by atoms with E-state index in [4.69, 9.17) is 11.6 Å². The van der Waals surface area contributed by atoms with Crippen molar-refractivity contribution in [3.8, 4) is 5.69 Å². The Labute approximate surface area is 131 Å². The Morgan fingerprint density at radius 1 is 1.27 bits per heavy atom. The molecule has 0 bridgehead atoms. The van der Waals surface area contributed by atoms with Crippen LogP contribution in [0, 0.1) is 12.7 Å². The zero-order valence-corrected chi connectivity index (χ0v) is 12.5. The fraction of sp³-hybridized carbons (Fsp3) is 0.133. The van der Waals surface area contributed by atoms with Gasteiger partial charge in [-0.3, -0.25) is 0 Å². The monoisotopic (exact) mass is 317 g/mol. The molecule has 112 valence electrons. The van der Waals surface area contributed by atoms with Crippen molar-refractivity contribution in [1.82, 2.24) is 20.2 Å². The summed E-state index contributed by atoms with van der Waals surface area (Å²) in [5.74, 6) is -0.318. The first-order valence-corrected chi connectivity index (χ1v) is 7.04. The standard InChI is InChI=1S/C15H13ClFN5/c1-10-7-11(5-6-15(10)22-9-19-20-21-22)18-8-12-13(16)3-2-4-14(12)17/h2-7,9,18H,8H2,1H3. The van der Waals surface area contributed by atoms with Crippen molar-refractivity contribution < 1.29 is 4.39 Å². The van der Waals surface area contributed by atoms with Crippen molar-refractivity contribution >= 4 is 17.3 Å². The molecule has 0 spiro atoms. The molecule has 2 aromatic carbocycles. The van der Waals surface area contributed by atoms with Crippen LogP contribution in [0.25, 0.3) is 5.69 Å². The van der Waals surface area contributed by atoms with Crippen molar-refractivity contribution in [3.63, 3.8) is 0 Å². The van der Waals surface area contributed by atoms with Gasteiger partial charge in [0.05, 0.1) is 5.69 Å². The molecule has 22 heavy (non-hydrogen) atoms. The highest BCUT2D eigenvalue weighted by Crippen LogP contribution is 2.22. The minimum Gasteiger partial charge on any atom is -0.381 e. The Morgan fingerprint density at radius 2 is 2.14 bits per heavy atom. The topological polar surface area (TPSA) is 55.6 Å². The predicted molar refractivity (Wildman–Crippen MR) is 82.6 cm³/mol. The molecule has 3 aromatic rings. The average Bonchev–Trinajstić information content (AvgIpc) is 3.01. The van der Waals surface area contributed by atoms with Crippen molar-refractivity contribution in [2.45, 2.75) is 13.5 Å². The van der Waals surface area contributed by atoms with E-state index >= 15 is 0 Å². The molecule has 0 saturated heterocycles. The smallest absolute Gasteiger partial charge is 0.143 e. The maximum atomic E-state index is 13.7. The van der Waals surface area contributed by atoms with E-state index in [0.717, 1.165) is 16.9 Å². The van der Waals surface area contributed by atoms with Gasteiger partial charge in [-0.15, -0.1) is 5.10 Å². The van der Waals surface area contributed by atoms with Gasteiger partial charge in [0.2, 0.25) is 0 Å². The zero-order valence-electron chi connectivity index (χ0n) is 11.8. The van der Waals surface area contributed by atoms with E-state index in [2.05, 4.69) is 20.8 Å². The van der Waals surface area contributed by atoms with E-state index in [0.29, 0.717) is 17.1 Å². The van der Waals surface area contributed by atoms with Gasteiger partial charge in [0, 0.05) is 22.8 Å². The molecule has 5 nitrogen and oxygen atoms in total. The van der Waals surface area contributed by atoms with Gasteiger partial charge in [-0.05, 0) is 53.2 Å².